The molecule has 1 fully saturated rings. The highest BCUT2D eigenvalue weighted by Gasteiger charge is 2.39. The minimum atomic E-state index is -0.907. The Kier molecular flexibility index (Phi) is 8.04. The molecule has 2 aromatic carbocycles. The first-order valence-corrected chi connectivity index (χ1v) is 12.8. The number of methoxy groups -OCH3 is 1. The molecule has 0 bridgehead atoms. The molecule has 3 N–H and O–H groups in total. The van der Waals surface area contributed by atoms with E-state index in [1.807, 2.05) is 33.8 Å². The van der Waals surface area contributed by atoms with Crippen molar-refractivity contribution in [1.29, 1.82) is 0 Å². The molecule has 1 aromatic heterocycles. The Balaban J connectivity index is 1.59. The molecule has 2 atom stereocenters. The number of amides is 1. The minimum absolute atomic E-state index is 0.0517. The van der Waals surface area contributed by atoms with Crippen LogP contribution in [0.5, 0.6) is 17.2 Å². The lowest BCUT2D eigenvalue weighted by atomic mass is 9.94. The van der Waals surface area contributed by atoms with Gasteiger partial charge in [0.05, 0.1) is 17.1 Å². The molecule has 9 heteroatoms. The maximum absolute atomic E-state index is 13.0. The van der Waals surface area contributed by atoms with Gasteiger partial charge in [0, 0.05) is 24.7 Å². The summed E-state index contributed by atoms with van der Waals surface area (Å²) in [5, 5.41) is 23.8. The Morgan fingerprint density at radius 1 is 1.18 bits per heavy atom. The highest BCUT2D eigenvalue weighted by molar-refractivity contribution is 6.06. The van der Waals surface area contributed by atoms with E-state index < -0.39 is 29.2 Å². The summed E-state index contributed by atoms with van der Waals surface area (Å²) in [6.45, 7) is 9.48. The lowest BCUT2D eigenvalue weighted by Crippen LogP contribution is -2.49. The van der Waals surface area contributed by atoms with Crippen molar-refractivity contribution in [2.45, 2.75) is 71.9 Å². The Morgan fingerprint density at radius 2 is 1.92 bits per heavy atom. The van der Waals surface area contributed by atoms with E-state index in [0.29, 0.717) is 29.7 Å². The maximum atomic E-state index is 13.0. The van der Waals surface area contributed by atoms with E-state index in [0.717, 1.165) is 12.0 Å². The van der Waals surface area contributed by atoms with E-state index >= 15 is 0 Å². The second kappa shape index (κ2) is 11.1. The van der Waals surface area contributed by atoms with Crippen LogP contribution in [0.3, 0.4) is 0 Å². The molecule has 4 rings (SSSR count). The molecule has 1 aliphatic heterocycles. The van der Waals surface area contributed by atoms with Crippen molar-refractivity contribution in [2.75, 3.05) is 12.4 Å². The van der Waals surface area contributed by atoms with Gasteiger partial charge in [0.2, 0.25) is 6.29 Å². The van der Waals surface area contributed by atoms with Gasteiger partial charge >= 0.3 is 5.63 Å². The van der Waals surface area contributed by atoms with E-state index in [1.165, 1.54) is 12.1 Å². The minimum Gasteiger partial charge on any atom is -0.508 e. The molecule has 0 aliphatic carbocycles. The molecular formula is C30H35NO8. The molecule has 0 spiro atoms. The van der Waals surface area contributed by atoms with Crippen LogP contribution in [0.15, 0.2) is 51.2 Å². The lowest BCUT2D eigenvalue weighted by Gasteiger charge is -2.41. The summed E-state index contributed by atoms with van der Waals surface area (Å²) >= 11 is 0. The fraction of sp³-hybridized carbons (Fsp3) is 0.400. The van der Waals surface area contributed by atoms with Gasteiger partial charge in [-0.2, -0.15) is 0 Å². The summed E-state index contributed by atoms with van der Waals surface area (Å²) in [6, 6.07) is 7.63. The molecule has 1 amide bonds. The van der Waals surface area contributed by atoms with Crippen LogP contribution < -0.4 is 15.7 Å². The number of aryl methyl sites for hydroxylation is 1. The highest BCUT2D eigenvalue weighted by atomic mass is 16.7. The number of allylic oxidation sites excluding steroid dienone is 2. The van der Waals surface area contributed by atoms with Gasteiger partial charge in [0.25, 0.3) is 5.91 Å². The topological polar surface area (TPSA) is 127 Å². The molecule has 1 saturated heterocycles. The third-order valence-corrected chi connectivity index (χ3v) is 6.98. The number of benzene rings is 2. The number of hydrogen-bond acceptors (Lipinski definition) is 8. The maximum Gasteiger partial charge on any atom is 0.364 e. The summed E-state index contributed by atoms with van der Waals surface area (Å²) in [5.74, 6) is -0.526. The smallest absolute Gasteiger partial charge is 0.364 e. The van der Waals surface area contributed by atoms with Crippen LogP contribution in [0.1, 0.15) is 62.0 Å². The van der Waals surface area contributed by atoms with E-state index in [2.05, 4.69) is 5.32 Å². The Bertz CT molecular complexity index is 1480. The number of phenols is 1. The van der Waals surface area contributed by atoms with E-state index in [-0.39, 0.29) is 34.1 Å². The van der Waals surface area contributed by atoms with Gasteiger partial charge in [-0.15, -0.1) is 0 Å². The number of anilines is 1. The van der Waals surface area contributed by atoms with Gasteiger partial charge in [0.15, 0.2) is 11.4 Å². The summed E-state index contributed by atoms with van der Waals surface area (Å²) < 4.78 is 23.2. The molecule has 2 heterocycles. The van der Waals surface area contributed by atoms with Crippen LogP contribution in [0.4, 0.5) is 5.69 Å². The Morgan fingerprint density at radius 3 is 2.59 bits per heavy atom. The van der Waals surface area contributed by atoms with Crippen LogP contribution in [0, 0.1) is 6.92 Å². The van der Waals surface area contributed by atoms with Gasteiger partial charge < -0.3 is 34.2 Å². The van der Waals surface area contributed by atoms with Crippen molar-refractivity contribution in [2.24, 2.45) is 0 Å². The van der Waals surface area contributed by atoms with Gasteiger partial charge in [-0.3, -0.25) is 4.79 Å². The molecule has 9 nitrogen and oxygen atoms in total. The average Bonchev–Trinajstić information content (AvgIpc) is 2.87. The molecule has 2 unspecified atom stereocenters. The number of aromatic hydroxyl groups is 2. The predicted molar refractivity (Wildman–Crippen MR) is 148 cm³/mol. The van der Waals surface area contributed by atoms with E-state index in [4.69, 9.17) is 18.6 Å². The van der Waals surface area contributed by atoms with Crippen molar-refractivity contribution in [3.8, 4) is 17.2 Å². The first-order valence-electron chi connectivity index (χ1n) is 12.8. The number of hydrogen-bond donors (Lipinski definition) is 3. The Labute approximate surface area is 227 Å². The summed E-state index contributed by atoms with van der Waals surface area (Å²) in [7, 11) is 1.66. The standard InChI is InChI=1S/C30H35NO8/c1-16(2)7-8-18-15-19(9-11-21(18)32)28(34)31-25-26(33)20-10-12-22(17(3)27(20)38-29(25)35)37-24-14-13-23(36-6)30(4,5)39-24/h7,9-12,15,23-24,32-33H,8,13-14H2,1-6H3,(H,31,34). The van der Waals surface area contributed by atoms with Crippen LogP contribution in [-0.2, 0) is 15.9 Å². The molecule has 208 valence electrons. The van der Waals surface area contributed by atoms with Gasteiger partial charge in [-0.05, 0) is 83.4 Å². The number of rotatable bonds is 7. The predicted octanol–water partition coefficient (Wildman–Crippen LogP) is 5.58. The number of ether oxygens (including phenoxy) is 3. The number of carbonyl (C=O) groups is 1. The zero-order valence-electron chi connectivity index (χ0n) is 23.1. The second-order valence-corrected chi connectivity index (χ2v) is 10.5. The van der Waals surface area contributed by atoms with Crippen LogP contribution in [0.25, 0.3) is 11.0 Å². The molecule has 1 aliphatic rings. The second-order valence-electron chi connectivity index (χ2n) is 10.5. The number of nitrogens with one attached hydrogen (secondary N) is 1. The van der Waals surface area contributed by atoms with Crippen molar-refractivity contribution in [1.82, 2.24) is 0 Å². The zero-order chi connectivity index (χ0) is 28.5. The molecule has 0 radical (unpaired) electrons. The van der Waals surface area contributed by atoms with Crippen molar-refractivity contribution < 1.29 is 33.6 Å². The third kappa shape index (κ3) is 5.94. The summed E-state index contributed by atoms with van der Waals surface area (Å²) in [6.07, 6.45) is 3.18. The van der Waals surface area contributed by atoms with Crippen molar-refractivity contribution in [3.63, 3.8) is 0 Å². The van der Waals surface area contributed by atoms with Gasteiger partial charge in [0.1, 0.15) is 17.1 Å². The first-order chi connectivity index (χ1) is 18.4. The SMILES string of the molecule is COC1CCC(Oc2ccc3c(O)c(NC(=O)c4ccc(O)c(CC=C(C)C)c4)c(=O)oc3c2C)OC1(C)C. The first kappa shape index (κ1) is 28.2. The summed E-state index contributed by atoms with van der Waals surface area (Å²) in [5.41, 5.74) is 0.686. The van der Waals surface area contributed by atoms with E-state index in [9.17, 15) is 19.8 Å². The molecule has 3 aromatic rings. The fourth-order valence-corrected chi connectivity index (χ4v) is 4.73. The van der Waals surface area contributed by atoms with Crippen molar-refractivity contribution in [3.05, 3.63) is 69.1 Å². The van der Waals surface area contributed by atoms with Crippen LogP contribution >= 0.6 is 0 Å². The third-order valence-electron chi connectivity index (χ3n) is 6.98. The molecule has 0 saturated carbocycles. The van der Waals surface area contributed by atoms with Crippen LogP contribution in [0.2, 0.25) is 0 Å². The van der Waals surface area contributed by atoms with Crippen LogP contribution in [-0.4, -0.2) is 41.2 Å². The monoisotopic (exact) mass is 537 g/mol. The lowest BCUT2D eigenvalue weighted by molar-refractivity contribution is -0.233. The summed E-state index contributed by atoms with van der Waals surface area (Å²) in [4.78, 5) is 25.8. The quantitative estimate of drug-likeness (QED) is 0.263. The highest BCUT2D eigenvalue weighted by Crippen LogP contribution is 2.37. The number of fused-ring (bicyclic) bond motifs is 1. The van der Waals surface area contributed by atoms with Gasteiger partial charge in [-0.1, -0.05) is 11.6 Å². The normalized spacial score (nSPS) is 18.5. The van der Waals surface area contributed by atoms with Gasteiger partial charge in [-0.25, -0.2) is 4.79 Å². The van der Waals surface area contributed by atoms with Crippen molar-refractivity contribution >= 4 is 22.6 Å². The largest absolute Gasteiger partial charge is 0.508 e. The number of phenolic OH excluding ortho intramolecular Hbond substituents is 1. The zero-order valence-corrected chi connectivity index (χ0v) is 23.1. The van der Waals surface area contributed by atoms with E-state index in [1.54, 1.807) is 32.2 Å². The Hall–Kier alpha value is -3.82. The average molecular weight is 538 g/mol. The molecular weight excluding hydrogens is 502 g/mol. The molecule has 39 heavy (non-hydrogen) atoms. The number of carbonyl (C=O) groups excluding carboxylic acids is 1. The fourth-order valence-electron chi connectivity index (χ4n) is 4.73.